The van der Waals surface area contributed by atoms with Crippen molar-refractivity contribution in [3.63, 3.8) is 0 Å². The Balaban J connectivity index is 0.00000112. The minimum atomic E-state index is 0. The first-order valence-corrected chi connectivity index (χ1v) is 4.43. The van der Waals surface area contributed by atoms with Crippen molar-refractivity contribution in [2.24, 2.45) is 0 Å². The molecule has 15 heavy (non-hydrogen) atoms. The molecular formula is C12H10N2V. The van der Waals surface area contributed by atoms with Crippen LogP contribution in [0.25, 0.3) is 12.2 Å². The van der Waals surface area contributed by atoms with Crippen LogP contribution in [0.4, 0.5) is 0 Å². The Morgan fingerprint density at radius 3 is 1.33 bits per heavy atom. The molecule has 2 heterocycles. The smallest absolute Gasteiger partial charge is 0.0273 e. The zero-order valence-corrected chi connectivity index (χ0v) is 9.51. The maximum Gasteiger partial charge on any atom is 0.0273 e. The molecule has 0 atom stereocenters. The third-order valence-corrected chi connectivity index (χ3v) is 1.88. The van der Waals surface area contributed by atoms with E-state index < -0.39 is 0 Å². The van der Waals surface area contributed by atoms with Gasteiger partial charge in [-0.3, -0.25) is 9.97 Å². The molecular weight excluding hydrogens is 223 g/mol. The third-order valence-electron chi connectivity index (χ3n) is 1.88. The molecule has 2 nitrogen and oxygen atoms in total. The minimum absolute atomic E-state index is 0. The molecule has 0 aliphatic rings. The zero-order valence-electron chi connectivity index (χ0n) is 8.12. The normalized spacial score (nSPS) is 9.87. The molecule has 2 aromatic heterocycles. The van der Waals surface area contributed by atoms with Crippen molar-refractivity contribution in [3.05, 3.63) is 60.2 Å². The molecule has 0 saturated carbocycles. The van der Waals surface area contributed by atoms with Crippen LogP contribution in [0, 0.1) is 0 Å². The molecule has 1 radical (unpaired) electrons. The van der Waals surface area contributed by atoms with E-state index >= 15 is 0 Å². The molecule has 0 amide bonds. The van der Waals surface area contributed by atoms with E-state index in [1.54, 1.807) is 24.8 Å². The molecule has 0 aliphatic heterocycles. The van der Waals surface area contributed by atoms with Gasteiger partial charge in [0, 0.05) is 43.3 Å². The van der Waals surface area contributed by atoms with Crippen molar-refractivity contribution in [1.29, 1.82) is 0 Å². The first kappa shape index (κ1) is 11.7. The Labute approximate surface area is 101 Å². The summed E-state index contributed by atoms with van der Waals surface area (Å²) in [6.45, 7) is 0. The van der Waals surface area contributed by atoms with Gasteiger partial charge in [-0.1, -0.05) is 12.2 Å². The van der Waals surface area contributed by atoms with Crippen LogP contribution >= 0.6 is 0 Å². The van der Waals surface area contributed by atoms with Gasteiger partial charge in [0.15, 0.2) is 0 Å². The molecule has 3 heteroatoms. The Bertz CT molecular complexity index is 371. The van der Waals surface area contributed by atoms with Gasteiger partial charge in [-0.15, -0.1) is 0 Å². The number of aromatic nitrogens is 2. The van der Waals surface area contributed by atoms with E-state index in [1.165, 1.54) is 0 Å². The zero-order chi connectivity index (χ0) is 9.64. The maximum absolute atomic E-state index is 3.96. The summed E-state index contributed by atoms with van der Waals surface area (Å²) >= 11 is 0. The second-order valence-electron chi connectivity index (χ2n) is 2.89. The molecule has 2 rings (SSSR count). The summed E-state index contributed by atoms with van der Waals surface area (Å²) in [6.07, 6.45) is 11.2. The fourth-order valence-electron chi connectivity index (χ4n) is 1.14. The number of pyridine rings is 2. The average molecular weight is 233 g/mol. The molecule has 2 aromatic rings. The fourth-order valence-corrected chi connectivity index (χ4v) is 1.14. The predicted octanol–water partition coefficient (Wildman–Crippen LogP) is 2.64. The molecule has 0 unspecified atom stereocenters. The Kier molecular flexibility index (Phi) is 4.81. The Hall–Kier alpha value is -1.38. The van der Waals surface area contributed by atoms with Gasteiger partial charge in [-0.25, -0.2) is 0 Å². The molecule has 73 valence electrons. The maximum atomic E-state index is 3.96. The van der Waals surface area contributed by atoms with Crippen LogP contribution < -0.4 is 0 Å². The van der Waals surface area contributed by atoms with Gasteiger partial charge in [0.05, 0.1) is 0 Å². The summed E-state index contributed by atoms with van der Waals surface area (Å²) in [7, 11) is 0. The van der Waals surface area contributed by atoms with Gasteiger partial charge in [-0.2, -0.15) is 0 Å². The van der Waals surface area contributed by atoms with Crippen molar-refractivity contribution in [2.45, 2.75) is 0 Å². The largest absolute Gasteiger partial charge is 0.265 e. The van der Waals surface area contributed by atoms with E-state index in [0.717, 1.165) is 11.1 Å². The van der Waals surface area contributed by atoms with Crippen molar-refractivity contribution in [2.75, 3.05) is 0 Å². The van der Waals surface area contributed by atoms with Gasteiger partial charge in [-0.05, 0) is 35.4 Å². The first-order valence-electron chi connectivity index (χ1n) is 4.43. The SMILES string of the molecule is C(=Cc1ccncc1)c1ccncc1.[V]. The molecule has 0 spiro atoms. The van der Waals surface area contributed by atoms with E-state index in [4.69, 9.17) is 0 Å². The van der Waals surface area contributed by atoms with Crippen LogP contribution in [0.15, 0.2) is 49.1 Å². The summed E-state index contributed by atoms with van der Waals surface area (Å²) < 4.78 is 0. The van der Waals surface area contributed by atoms with E-state index in [2.05, 4.69) is 22.1 Å². The standard InChI is InChI=1S/C12H10N2.V/c1(11-3-7-13-8-4-11)2-12-5-9-14-10-6-12;/h1-10H;. The van der Waals surface area contributed by atoms with Gasteiger partial charge in [0.1, 0.15) is 0 Å². The molecule has 0 N–H and O–H groups in total. The Morgan fingerprint density at radius 1 is 0.667 bits per heavy atom. The summed E-state index contributed by atoms with van der Waals surface area (Å²) in [4.78, 5) is 7.91. The summed E-state index contributed by atoms with van der Waals surface area (Å²) in [6, 6.07) is 7.88. The second kappa shape index (κ2) is 6.17. The minimum Gasteiger partial charge on any atom is -0.265 e. The molecule has 0 saturated heterocycles. The van der Waals surface area contributed by atoms with Crippen LogP contribution in [0.5, 0.6) is 0 Å². The van der Waals surface area contributed by atoms with Crippen molar-refractivity contribution in [1.82, 2.24) is 9.97 Å². The van der Waals surface area contributed by atoms with Crippen LogP contribution in [-0.2, 0) is 18.6 Å². The van der Waals surface area contributed by atoms with E-state index in [-0.39, 0.29) is 18.6 Å². The van der Waals surface area contributed by atoms with Gasteiger partial charge in [0.2, 0.25) is 0 Å². The number of rotatable bonds is 2. The Morgan fingerprint density at radius 2 is 1.00 bits per heavy atom. The molecule has 0 aliphatic carbocycles. The number of hydrogen-bond donors (Lipinski definition) is 0. The van der Waals surface area contributed by atoms with Gasteiger partial charge < -0.3 is 0 Å². The fraction of sp³-hybridized carbons (Fsp3) is 0. The second-order valence-corrected chi connectivity index (χ2v) is 2.89. The summed E-state index contributed by atoms with van der Waals surface area (Å²) in [5.41, 5.74) is 2.30. The monoisotopic (exact) mass is 233 g/mol. The number of hydrogen-bond acceptors (Lipinski definition) is 2. The van der Waals surface area contributed by atoms with Crippen molar-refractivity contribution < 1.29 is 18.6 Å². The first-order chi connectivity index (χ1) is 6.95. The molecule has 0 aromatic carbocycles. The molecule has 0 bridgehead atoms. The van der Waals surface area contributed by atoms with Gasteiger partial charge in [0.25, 0.3) is 0 Å². The third kappa shape index (κ3) is 3.70. The van der Waals surface area contributed by atoms with E-state index in [0.29, 0.717) is 0 Å². The van der Waals surface area contributed by atoms with E-state index in [9.17, 15) is 0 Å². The van der Waals surface area contributed by atoms with Crippen LogP contribution in [0.2, 0.25) is 0 Å². The summed E-state index contributed by atoms with van der Waals surface area (Å²) in [5, 5.41) is 0. The summed E-state index contributed by atoms with van der Waals surface area (Å²) in [5.74, 6) is 0. The van der Waals surface area contributed by atoms with Crippen LogP contribution in [0.3, 0.4) is 0 Å². The van der Waals surface area contributed by atoms with Crippen molar-refractivity contribution >= 4 is 12.2 Å². The van der Waals surface area contributed by atoms with E-state index in [1.807, 2.05) is 24.3 Å². The quantitative estimate of drug-likeness (QED) is 0.796. The average Bonchev–Trinajstić information content (AvgIpc) is 2.29. The number of nitrogens with zero attached hydrogens (tertiary/aromatic N) is 2. The topological polar surface area (TPSA) is 25.8 Å². The predicted molar refractivity (Wildman–Crippen MR) is 57.4 cm³/mol. The van der Waals surface area contributed by atoms with Gasteiger partial charge >= 0.3 is 0 Å². The van der Waals surface area contributed by atoms with Crippen molar-refractivity contribution in [3.8, 4) is 0 Å². The van der Waals surface area contributed by atoms with Crippen LogP contribution in [0.1, 0.15) is 11.1 Å². The van der Waals surface area contributed by atoms with Crippen LogP contribution in [-0.4, -0.2) is 9.97 Å². The molecule has 0 fully saturated rings.